The molecule has 0 unspecified atom stereocenters. The molecular formula is C12H13O2. The third-order valence-corrected chi connectivity index (χ3v) is 3.09. The molecule has 1 aromatic rings. The lowest BCUT2D eigenvalue weighted by Gasteiger charge is -2.23. The first-order valence-electron chi connectivity index (χ1n) is 4.96. The van der Waals surface area contributed by atoms with Gasteiger partial charge in [-0.15, -0.1) is 0 Å². The predicted octanol–water partition coefficient (Wildman–Crippen LogP) is 2.38. The van der Waals surface area contributed by atoms with Crippen molar-refractivity contribution in [2.24, 2.45) is 0 Å². The molecule has 1 aliphatic carbocycles. The van der Waals surface area contributed by atoms with E-state index in [1.807, 2.05) is 18.2 Å². The van der Waals surface area contributed by atoms with Gasteiger partial charge in [-0.05, 0) is 24.5 Å². The highest BCUT2D eigenvalue weighted by molar-refractivity contribution is 5.81. The lowest BCUT2D eigenvalue weighted by atomic mass is 9.79. The number of rotatable bonds is 2. The number of benzene rings is 1. The third kappa shape index (κ3) is 1.31. The molecule has 0 spiro atoms. The lowest BCUT2D eigenvalue weighted by Crippen LogP contribution is -2.32. The van der Waals surface area contributed by atoms with E-state index in [2.05, 4.69) is 6.07 Å². The first-order chi connectivity index (χ1) is 6.76. The van der Waals surface area contributed by atoms with Crippen LogP contribution in [0.2, 0.25) is 0 Å². The van der Waals surface area contributed by atoms with Crippen LogP contribution in [0.5, 0.6) is 0 Å². The molecule has 73 valence electrons. The Hall–Kier alpha value is -1.31. The van der Waals surface area contributed by atoms with Gasteiger partial charge in [-0.3, -0.25) is 4.79 Å². The fourth-order valence-corrected chi connectivity index (χ4v) is 2.27. The van der Waals surface area contributed by atoms with Crippen molar-refractivity contribution in [3.05, 3.63) is 35.9 Å². The second-order valence-corrected chi connectivity index (χ2v) is 3.87. The van der Waals surface area contributed by atoms with E-state index in [0.717, 1.165) is 31.2 Å². The van der Waals surface area contributed by atoms with Crippen LogP contribution in [0.25, 0.3) is 0 Å². The Bertz CT molecular complexity index is 323. The van der Waals surface area contributed by atoms with Crippen molar-refractivity contribution in [2.75, 3.05) is 0 Å². The van der Waals surface area contributed by atoms with Crippen molar-refractivity contribution in [1.82, 2.24) is 0 Å². The van der Waals surface area contributed by atoms with Gasteiger partial charge in [0.2, 0.25) is 0 Å². The minimum Gasteiger partial charge on any atom is -0.481 e. The van der Waals surface area contributed by atoms with Gasteiger partial charge in [0.05, 0.1) is 5.41 Å². The van der Waals surface area contributed by atoms with Crippen LogP contribution in [0.3, 0.4) is 0 Å². The Morgan fingerprint density at radius 3 is 2.57 bits per heavy atom. The Labute approximate surface area is 83.6 Å². The Balaban J connectivity index is 2.42. The first kappa shape index (κ1) is 9.25. The summed E-state index contributed by atoms with van der Waals surface area (Å²) in [5, 5.41) is 9.30. The molecule has 14 heavy (non-hydrogen) atoms. The molecule has 1 fully saturated rings. The fourth-order valence-electron chi connectivity index (χ4n) is 2.27. The van der Waals surface area contributed by atoms with E-state index >= 15 is 0 Å². The molecule has 1 radical (unpaired) electrons. The van der Waals surface area contributed by atoms with E-state index in [0.29, 0.717) is 0 Å². The van der Waals surface area contributed by atoms with E-state index < -0.39 is 11.4 Å². The third-order valence-electron chi connectivity index (χ3n) is 3.09. The fraction of sp³-hybridized carbons (Fsp3) is 0.417. The normalized spacial score (nSPS) is 19.4. The summed E-state index contributed by atoms with van der Waals surface area (Å²) in [4.78, 5) is 11.3. The van der Waals surface area contributed by atoms with Crippen molar-refractivity contribution in [3.8, 4) is 0 Å². The smallest absolute Gasteiger partial charge is 0.314 e. The molecule has 1 aromatic carbocycles. The second-order valence-electron chi connectivity index (χ2n) is 3.87. The number of hydrogen-bond donors (Lipinski definition) is 1. The average molecular weight is 189 g/mol. The monoisotopic (exact) mass is 189 g/mol. The largest absolute Gasteiger partial charge is 0.481 e. The maximum absolute atomic E-state index is 11.3. The molecule has 2 rings (SSSR count). The van der Waals surface area contributed by atoms with Gasteiger partial charge >= 0.3 is 5.97 Å². The van der Waals surface area contributed by atoms with Crippen LogP contribution in [0.15, 0.2) is 24.3 Å². The van der Waals surface area contributed by atoms with Gasteiger partial charge in [-0.2, -0.15) is 0 Å². The summed E-state index contributed by atoms with van der Waals surface area (Å²) < 4.78 is 0. The molecule has 0 aliphatic heterocycles. The zero-order valence-electron chi connectivity index (χ0n) is 7.99. The molecule has 0 saturated heterocycles. The lowest BCUT2D eigenvalue weighted by molar-refractivity contribution is -0.143. The molecule has 1 saturated carbocycles. The van der Waals surface area contributed by atoms with Crippen LogP contribution in [0.4, 0.5) is 0 Å². The molecular weight excluding hydrogens is 176 g/mol. The molecule has 0 amide bonds. The SMILES string of the molecule is O=C(O)C1(c2[c]cccc2)CCCC1. The number of aliphatic carboxylic acids is 1. The summed E-state index contributed by atoms with van der Waals surface area (Å²) in [6.07, 6.45) is 3.52. The maximum Gasteiger partial charge on any atom is 0.314 e. The second kappa shape index (κ2) is 3.45. The molecule has 2 heteroatoms. The molecule has 1 N–H and O–H groups in total. The molecule has 2 nitrogen and oxygen atoms in total. The molecule has 0 atom stereocenters. The summed E-state index contributed by atoms with van der Waals surface area (Å²) in [6.45, 7) is 0. The zero-order chi connectivity index (χ0) is 10.0. The van der Waals surface area contributed by atoms with Crippen LogP contribution in [-0.4, -0.2) is 11.1 Å². The van der Waals surface area contributed by atoms with E-state index in [9.17, 15) is 9.90 Å². The van der Waals surface area contributed by atoms with E-state index in [1.165, 1.54) is 0 Å². The first-order valence-corrected chi connectivity index (χ1v) is 4.96. The standard InChI is InChI=1S/C12H13O2/c13-11(14)12(8-4-5-9-12)10-6-2-1-3-7-10/h1-3,6H,4-5,8-9H2,(H,13,14). The Kier molecular flexibility index (Phi) is 2.28. The van der Waals surface area contributed by atoms with Gasteiger partial charge in [0.15, 0.2) is 0 Å². The predicted molar refractivity (Wildman–Crippen MR) is 53.1 cm³/mol. The summed E-state index contributed by atoms with van der Waals surface area (Å²) in [5.74, 6) is -0.697. The van der Waals surface area contributed by atoms with Gasteiger partial charge in [0.1, 0.15) is 0 Å². The zero-order valence-corrected chi connectivity index (χ0v) is 7.99. The van der Waals surface area contributed by atoms with Crippen molar-refractivity contribution < 1.29 is 9.90 Å². The van der Waals surface area contributed by atoms with Crippen LogP contribution in [-0.2, 0) is 10.2 Å². The van der Waals surface area contributed by atoms with E-state index in [1.54, 1.807) is 6.07 Å². The number of hydrogen-bond acceptors (Lipinski definition) is 1. The van der Waals surface area contributed by atoms with Gasteiger partial charge in [0, 0.05) is 0 Å². The molecule has 0 bridgehead atoms. The van der Waals surface area contributed by atoms with Crippen molar-refractivity contribution in [2.45, 2.75) is 31.1 Å². The van der Waals surface area contributed by atoms with Crippen LogP contribution in [0, 0.1) is 6.07 Å². The summed E-state index contributed by atoms with van der Waals surface area (Å²) in [7, 11) is 0. The minimum atomic E-state index is -0.697. The van der Waals surface area contributed by atoms with Crippen LogP contribution in [0.1, 0.15) is 31.2 Å². The van der Waals surface area contributed by atoms with E-state index in [-0.39, 0.29) is 0 Å². The molecule has 0 heterocycles. The summed E-state index contributed by atoms with van der Waals surface area (Å²) >= 11 is 0. The summed E-state index contributed by atoms with van der Waals surface area (Å²) in [6, 6.07) is 10.5. The van der Waals surface area contributed by atoms with Gasteiger partial charge in [-0.1, -0.05) is 37.1 Å². The number of carbonyl (C=O) groups is 1. The highest BCUT2D eigenvalue weighted by Crippen LogP contribution is 2.40. The maximum atomic E-state index is 11.3. The minimum absolute atomic E-state index is 0.652. The van der Waals surface area contributed by atoms with Crippen LogP contribution >= 0.6 is 0 Å². The van der Waals surface area contributed by atoms with Crippen molar-refractivity contribution >= 4 is 5.97 Å². The van der Waals surface area contributed by atoms with Crippen molar-refractivity contribution in [1.29, 1.82) is 0 Å². The average Bonchev–Trinajstić information content (AvgIpc) is 2.69. The summed E-state index contributed by atoms with van der Waals surface area (Å²) in [5.41, 5.74) is 0.186. The Morgan fingerprint density at radius 2 is 2.07 bits per heavy atom. The highest BCUT2D eigenvalue weighted by Gasteiger charge is 2.42. The quantitative estimate of drug-likeness (QED) is 0.775. The van der Waals surface area contributed by atoms with Crippen LogP contribution < -0.4 is 0 Å². The van der Waals surface area contributed by atoms with E-state index in [4.69, 9.17) is 0 Å². The highest BCUT2D eigenvalue weighted by atomic mass is 16.4. The topological polar surface area (TPSA) is 37.3 Å². The van der Waals surface area contributed by atoms with Crippen molar-refractivity contribution in [3.63, 3.8) is 0 Å². The van der Waals surface area contributed by atoms with Gasteiger partial charge < -0.3 is 5.11 Å². The molecule has 0 aromatic heterocycles. The molecule has 1 aliphatic rings. The number of carboxylic acids is 1. The Morgan fingerprint density at radius 1 is 1.36 bits per heavy atom. The van der Waals surface area contributed by atoms with Gasteiger partial charge in [-0.25, -0.2) is 0 Å². The van der Waals surface area contributed by atoms with Gasteiger partial charge in [0.25, 0.3) is 0 Å². The number of carboxylic acid groups (broad SMARTS) is 1.